The number of rotatable bonds is 3. The molecule has 0 unspecified atom stereocenters. The largest absolute Gasteiger partial charge is 0.350 e. The Balaban J connectivity index is 1.63. The molecular weight excluding hydrogens is 270 g/mol. The van der Waals surface area contributed by atoms with E-state index in [1.807, 2.05) is 12.1 Å². The number of aromatic amines is 1. The first-order valence-corrected chi connectivity index (χ1v) is 6.65. The standard InChI is InChI=1S/C14H15N5O2/c1-9(20)17-12-6-19(7-12)14(21)11-4-2-10(3-5-11)13-15-8-16-18-13/h2-5,8,12H,6-7H2,1H3,(H,17,20)(H,15,16,18). The van der Waals surface area contributed by atoms with Crippen LogP contribution in [0.5, 0.6) is 0 Å². The number of hydrogen-bond donors (Lipinski definition) is 2. The Morgan fingerprint density at radius 3 is 2.57 bits per heavy atom. The van der Waals surface area contributed by atoms with Gasteiger partial charge in [0.1, 0.15) is 6.33 Å². The summed E-state index contributed by atoms with van der Waals surface area (Å²) in [6.07, 6.45) is 1.44. The number of carbonyl (C=O) groups excluding carboxylic acids is 2. The summed E-state index contributed by atoms with van der Waals surface area (Å²) in [5, 5.41) is 9.36. The quantitative estimate of drug-likeness (QED) is 0.855. The van der Waals surface area contributed by atoms with Crippen LogP contribution in [0.4, 0.5) is 0 Å². The van der Waals surface area contributed by atoms with Crippen molar-refractivity contribution in [1.29, 1.82) is 0 Å². The van der Waals surface area contributed by atoms with E-state index in [1.165, 1.54) is 13.3 Å². The number of nitrogens with zero attached hydrogens (tertiary/aromatic N) is 3. The minimum Gasteiger partial charge on any atom is -0.350 e. The van der Waals surface area contributed by atoms with Crippen LogP contribution in [0, 0.1) is 0 Å². The number of carbonyl (C=O) groups is 2. The van der Waals surface area contributed by atoms with Crippen molar-refractivity contribution in [3.8, 4) is 11.4 Å². The van der Waals surface area contributed by atoms with Crippen LogP contribution in [0.1, 0.15) is 17.3 Å². The fourth-order valence-electron chi connectivity index (χ4n) is 2.32. The molecule has 1 saturated heterocycles. The highest BCUT2D eigenvalue weighted by molar-refractivity contribution is 5.95. The van der Waals surface area contributed by atoms with Crippen LogP contribution in [0.15, 0.2) is 30.6 Å². The summed E-state index contributed by atoms with van der Waals surface area (Å²) in [7, 11) is 0. The van der Waals surface area contributed by atoms with Gasteiger partial charge in [0.2, 0.25) is 5.91 Å². The molecule has 0 saturated carbocycles. The number of likely N-dealkylation sites (tertiary alicyclic amines) is 1. The predicted octanol–water partition coefficient (Wildman–Crippen LogP) is 0.432. The van der Waals surface area contributed by atoms with Crippen molar-refractivity contribution >= 4 is 11.8 Å². The van der Waals surface area contributed by atoms with E-state index in [1.54, 1.807) is 17.0 Å². The van der Waals surface area contributed by atoms with Gasteiger partial charge in [0.15, 0.2) is 5.82 Å². The maximum atomic E-state index is 12.2. The molecule has 7 nitrogen and oxygen atoms in total. The van der Waals surface area contributed by atoms with E-state index >= 15 is 0 Å². The molecule has 1 fully saturated rings. The van der Waals surface area contributed by atoms with E-state index in [-0.39, 0.29) is 17.9 Å². The number of nitrogens with one attached hydrogen (secondary N) is 2. The van der Waals surface area contributed by atoms with Gasteiger partial charge in [-0.3, -0.25) is 14.7 Å². The third kappa shape index (κ3) is 2.76. The number of benzene rings is 1. The fraction of sp³-hybridized carbons (Fsp3) is 0.286. The molecule has 0 atom stereocenters. The summed E-state index contributed by atoms with van der Waals surface area (Å²) in [6.45, 7) is 2.59. The number of amides is 2. The molecule has 1 aromatic carbocycles. The molecule has 0 aliphatic carbocycles. The van der Waals surface area contributed by atoms with Gasteiger partial charge >= 0.3 is 0 Å². The summed E-state index contributed by atoms with van der Waals surface area (Å²) in [5.41, 5.74) is 1.50. The Morgan fingerprint density at radius 2 is 2.00 bits per heavy atom. The van der Waals surface area contributed by atoms with E-state index in [0.717, 1.165) is 5.56 Å². The maximum Gasteiger partial charge on any atom is 0.253 e. The van der Waals surface area contributed by atoms with E-state index < -0.39 is 0 Å². The molecule has 1 aliphatic heterocycles. The molecule has 2 amide bonds. The molecule has 1 aliphatic rings. The summed E-state index contributed by atoms with van der Waals surface area (Å²) >= 11 is 0. The lowest BCUT2D eigenvalue weighted by Gasteiger charge is -2.39. The van der Waals surface area contributed by atoms with Gasteiger partial charge in [-0.2, -0.15) is 5.10 Å². The van der Waals surface area contributed by atoms with Gasteiger partial charge in [0.25, 0.3) is 5.91 Å². The molecule has 108 valence electrons. The average Bonchev–Trinajstić information content (AvgIpc) is 2.96. The van der Waals surface area contributed by atoms with Gasteiger partial charge < -0.3 is 10.2 Å². The van der Waals surface area contributed by atoms with Gasteiger partial charge in [-0.1, -0.05) is 12.1 Å². The molecule has 0 bridgehead atoms. The smallest absolute Gasteiger partial charge is 0.253 e. The van der Waals surface area contributed by atoms with Crippen molar-refractivity contribution in [2.45, 2.75) is 13.0 Å². The summed E-state index contributed by atoms with van der Waals surface area (Å²) in [6, 6.07) is 7.27. The van der Waals surface area contributed by atoms with Crippen LogP contribution in [-0.4, -0.2) is 51.0 Å². The lowest BCUT2D eigenvalue weighted by atomic mass is 10.1. The Bertz CT molecular complexity index is 645. The lowest BCUT2D eigenvalue weighted by molar-refractivity contribution is -0.120. The molecular formula is C14H15N5O2. The van der Waals surface area contributed by atoms with Gasteiger partial charge in [-0.25, -0.2) is 4.98 Å². The zero-order valence-electron chi connectivity index (χ0n) is 11.5. The minimum atomic E-state index is -0.0662. The highest BCUT2D eigenvalue weighted by atomic mass is 16.2. The van der Waals surface area contributed by atoms with Gasteiger partial charge in [-0.15, -0.1) is 0 Å². The van der Waals surface area contributed by atoms with Gasteiger partial charge in [0, 0.05) is 31.1 Å². The second-order valence-electron chi connectivity index (χ2n) is 5.02. The molecule has 2 N–H and O–H groups in total. The maximum absolute atomic E-state index is 12.2. The SMILES string of the molecule is CC(=O)NC1CN(C(=O)c2ccc(-c3ncn[nH]3)cc2)C1. The molecule has 7 heteroatoms. The van der Waals surface area contributed by atoms with Crippen molar-refractivity contribution in [3.05, 3.63) is 36.2 Å². The number of hydrogen-bond acceptors (Lipinski definition) is 4. The molecule has 1 aromatic heterocycles. The first kappa shape index (κ1) is 13.3. The average molecular weight is 285 g/mol. The van der Waals surface area contributed by atoms with Crippen LogP contribution >= 0.6 is 0 Å². The Morgan fingerprint density at radius 1 is 1.29 bits per heavy atom. The first-order valence-electron chi connectivity index (χ1n) is 6.65. The van der Waals surface area contributed by atoms with Crippen molar-refractivity contribution < 1.29 is 9.59 Å². The number of H-pyrrole nitrogens is 1. The van der Waals surface area contributed by atoms with Crippen LogP contribution in [0.25, 0.3) is 11.4 Å². The van der Waals surface area contributed by atoms with E-state index in [2.05, 4.69) is 20.5 Å². The van der Waals surface area contributed by atoms with Crippen molar-refractivity contribution in [1.82, 2.24) is 25.4 Å². The summed E-state index contributed by atoms with van der Waals surface area (Å²) in [5.74, 6) is 0.577. The Kier molecular flexibility index (Phi) is 3.39. The highest BCUT2D eigenvalue weighted by Crippen LogP contribution is 2.18. The van der Waals surface area contributed by atoms with Crippen LogP contribution in [0.2, 0.25) is 0 Å². The molecule has 0 radical (unpaired) electrons. The Hall–Kier alpha value is -2.70. The second kappa shape index (κ2) is 5.35. The van der Waals surface area contributed by atoms with E-state index in [9.17, 15) is 9.59 Å². The van der Waals surface area contributed by atoms with Crippen LogP contribution < -0.4 is 5.32 Å². The Labute approximate surface area is 121 Å². The zero-order valence-corrected chi connectivity index (χ0v) is 11.5. The third-order valence-electron chi connectivity index (χ3n) is 3.40. The van der Waals surface area contributed by atoms with Gasteiger partial charge in [-0.05, 0) is 12.1 Å². The number of aromatic nitrogens is 3. The van der Waals surface area contributed by atoms with E-state index in [0.29, 0.717) is 24.5 Å². The van der Waals surface area contributed by atoms with Crippen LogP contribution in [0.3, 0.4) is 0 Å². The molecule has 0 spiro atoms. The first-order chi connectivity index (χ1) is 10.1. The topological polar surface area (TPSA) is 91.0 Å². The summed E-state index contributed by atoms with van der Waals surface area (Å²) in [4.78, 5) is 28.9. The molecule has 2 aromatic rings. The normalized spacial score (nSPS) is 14.6. The molecule has 21 heavy (non-hydrogen) atoms. The third-order valence-corrected chi connectivity index (χ3v) is 3.40. The predicted molar refractivity (Wildman–Crippen MR) is 75.3 cm³/mol. The zero-order chi connectivity index (χ0) is 14.8. The lowest BCUT2D eigenvalue weighted by Crippen LogP contribution is -2.60. The fourth-order valence-corrected chi connectivity index (χ4v) is 2.32. The van der Waals surface area contributed by atoms with Crippen molar-refractivity contribution in [2.75, 3.05) is 13.1 Å². The van der Waals surface area contributed by atoms with Gasteiger partial charge in [0.05, 0.1) is 6.04 Å². The second-order valence-corrected chi connectivity index (χ2v) is 5.02. The van der Waals surface area contributed by atoms with Crippen LogP contribution in [-0.2, 0) is 4.79 Å². The van der Waals surface area contributed by atoms with Crippen molar-refractivity contribution in [2.24, 2.45) is 0 Å². The minimum absolute atomic E-state index is 0.0271. The van der Waals surface area contributed by atoms with Crippen molar-refractivity contribution in [3.63, 3.8) is 0 Å². The molecule has 3 rings (SSSR count). The highest BCUT2D eigenvalue weighted by Gasteiger charge is 2.31. The monoisotopic (exact) mass is 285 g/mol. The molecule has 2 heterocycles. The summed E-state index contributed by atoms with van der Waals surface area (Å²) < 4.78 is 0. The van der Waals surface area contributed by atoms with E-state index in [4.69, 9.17) is 0 Å².